The average molecular weight is 1360 g/mol. The molecule has 0 N–H and O–H groups in total. The van der Waals surface area contributed by atoms with E-state index in [4.69, 9.17) is 0 Å². The molecule has 0 aromatic rings. The molecule has 0 rings (SSSR count). The molecule has 0 saturated heterocycles. The summed E-state index contributed by atoms with van der Waals surface area (Å²) >= 11 is 0. The first-order chi connectivity index (χ1) is 0. The van der Waals surface area contributed by atoms with Gasteiger partial charge < -0.3 is 0 Å². The number of rotatable bonds is 0. The summed E-state index contributed by atoms with van der Waals surface area (Å²) in [7, 11) is 0. The van der Waals surface area contributed by atoms with Crippen molar-refractivity contribution < 1.29 is 141 Å². The summed E-state index contributed by atoms with van der Waals surface area (Å²) in [6.07, 6.45) is 0. The Bertz CT molecular complexity index is 4.35. The summed E-state index contributed by atoms with van der Waals surface area (Å²) in [4.78, 5) is 0. The summed E-state index contributed by atoms with van der Waals surface area (Å²) in [6, 6.07) is 0. The third-order valence-electron chi connectivity index (χ3n) is 0. The molecule has 0 atom stereocenters. The maximum Gasteiger partial charge on any atom is 0 e. The summed E-state index contributed by atoms with van der Waals surface area (Å²) in [6.45, 7) is 0. The van der Waals surface area contributed by atoms with E-state index < -0.39 is 0 Å². The second kappa shape index (κ2) is 61.5. The van der Waals surface area contributed by atoms with Crippen molar-refractivity contribution in [1.29, 1.82) is 0 Å². The molecule has 0 aliphatic carbocycles. The first-order valence-electron chi connectivity index (χ1n) is 0. The molecule has 0 saturated carbocycles. The minimum atomic E-state index is 0. The summed E-state index contributed by atoms with van der Waals surface area (Å²) < 4.78 is 0. The van der Waals surface area contributed by atoms with E-state index in [1.807, 2.05) is 0 Å². The van der Waals surface area contributed by atoms with Crippen LogP contribution in [0.4, 0.5) is 0 Å². The van der Waals surface area contributed by atoms with E-state index in [0.29, 0.717) is 0 Å². The molecule has 8 heavy (non-hydrogen) atoms. The van der Waals surface area contributed by atoms with Crippen molar-refractivity contribution >= 4 is 8.41 Å². The topological polar surface area (TPSA) is 0 Å². The maximum absolute atomic E-state index is 0. The molecule has 0 nitrogen and oxygen atoms in total. The van der Waals surface area contributed by atoms with Gasteiger partial charge in [0, 0.05) is 149 Å². The Hall–Kier alpha value is 4.61. The Labute approximate surface area is 146 Å². The summed E-state index contributed by atoms with van der Waals surface area (Å²) in [5.74, 6) is 0. The molecule has 0 heterocycles. The van der Waals surface area contributed by atoms with Crippen LogP contribution in [-0.2, 0) is 141 Å². The molecule has 0 aromatic heterocycles. The normalized spacial score (nSPS) is 0. The number of hydrogen-bond donors (Lipinski definition) is 0. The van der Waals surface area contributed by atoms with Gasteiger partial charge in [0.1, 0.15) is 0 Å². The van der Waals surface area contributed by atoms with Gasteiger partial charge in [-0.1, -0.05) is 0 Å². The Morgan fingerprint density at radius 3 is 0.250 bits per heavy atom. The molecule has 0 aliphatic heterocycles. The molecule has 0 spiro atoms. The van der Waals surface area contributed by atoms with Crippen LogP contribution >= 0.6 is 0 Å². The van der Waals surface area contributed by atoms with Gasteiger partial charge in [0.15, 0.2) is 0 Å². The van der Waals surface area contributed by atoms with Gasteiger partial charge >= 0.3 is 0 Å². The molecule has 8 heteroatoms. The zero-order valence-corrected chi connectivity index (χ0v) is 19.7. The molecule has 66 valence electrons. The minimum absolute atomic E-state index is 0. The molecule has 0 aromatic carbocycles. The van der Waals surface area contributed by atoms with Crippen LogP contribution in [0.25, 0.3) is 0 Å². The SMILES string of the molecule is [B].[Ir].[Ir].[Ir].[Ir].[Ir].[Ir].[Ir]. The quantitative estimate of drug-likeness (QED) is 0.291. The van der Waals surface area contributed by atoms with Crippen LogP contribution in [0.3, 0.4) is 0 Å². The van der Waals surface area contributed by atoms with E-state index in [-0.39, 0.29) is 149 Å². The van der Waals surface area contributed by atoms with Crippen molar-refractivity contribution in [3.8, 4) is 0 Å². The molecule has 0 fully saturated rings. The van der Waals surface area contributed by atoms with Crippen LogP contribution in [-0.4, -0.2) is 8.41 Å². The second-order valence-electron chi connectivity index (χ2n) is 0. The zero-order chi connectivity index (χ0) is 0. The minimum Gasteiger partial charge on any atom is 0 e. The Kier molecular flexibility index (Phi) is 615. The largest absolute Gasteiger partial charge is 0 e. The van der Waals surface area contributed by atoms with Crippen LogP contribution in [0.15, 0.2) is 0 Å². The van der Waals surface area contributed by atoms with Crippen molar-refractivity contribution in [3.63, 3.8) is 0 Å². The fourth-order valence-electron chi connectivity index (χ4n) is 0. The fourth-order valence-corrected chi connectivity index (χ4v) is 0. The van der Waals surface area contributed by atoms with Gasteiger partial charge in [-0.2, -0.15) is 0 Å². The van der Waals surface area contributed by atoms with Gasteiger partial charge in [-0.15, -0.1) is 0 Å². The Morgan fingerprint density at radius 1 is 0.250 bits per heavy atom. The standard InChI is InChI=1S/B.7Ir. The molecular weight excluding hydrogens is 1360 g/mol. The Balaban J connectivity index is 0. The van der Waals surface area contributed by atoms with E-state index in [2.05, 4.69) is 0 Å². The molecular formula is BIr7. The first-order valence-corrected chi connectivity index (χ1v) is 0. The summed E-state index contributed by atoms with van der Waals surface area (Å²) in [5.41, 5.74) is 0. The molecule has 0 unspecified atom stereocenters. The van der Waals surface area contributed by atoms with Gasteiger partial charge in [-0.25, -0.2) is 0 Å². The maximum atomic E-state index is 0. The van der Waals surface area contributed by atoms with Crippen LogP contribution in [0.1, 0.15) is 0 Å². The molecule has 10 radical (unpaired) electrons. The second-order valence-corrected chi connectivity index (χ2v) is 0. The first kappa shape index (κ1) is 80.0. The van der Waals surface area contributed by atoms with Crippen molar-refractivity contribution in [3.05, 3.63) is 0 Å². The summed E-state index contributed by atoms with van der Waals surface area (Å²) in [5, 5.41) is 0. The van der Waals surface area contributed by atoms with Crippen molar-refractivity contribution in [1.82, 2.24) is 0 Å². The average Bonchev–Trinajstić information content (AvgIpc) is 0. The van der Waals surface area contributed by atoms with Crippen LogP contribution in [0.5, 0.6) is 0 Å². The van der Waals surface area contributed by atoms with Gasteiger partial charge in [-0.05, 0) is 0 Å². The molecule has 0 amide bonds. The monoisotopic (exact) mass is 1360 g/mol. The molecule has 0 aliphatic rings. The van der Waals surface area contributed by atoms with Crippen molar-refractivity contribution in [2.45, 2.75) is 0 Å². The van der Waals surface area contributed by atoms with Crippen LogP contribution < -0.4 is 0 Å². The predicted molar refractivity (Wildman–Crippen MR) is 5.75 cm³/mol. The smallest absolute Gasteiger partial charge is 0 e. The van der Waals surface area contributed by atoms with Crippen LogP contribution in [0.2, 0.25) is 0 Å². The van der Waals surface area contributed by atoms with Gasteiger partial charge in [0.2, 0.25) is 0 Å². The van der Waals surface area contributed by atoms with E-state index >= 15 is 0 Å². The predicted octanol–water partition coefficient (Wildman–Crippen LogP) is -0.398. The third-order valence-corrected chi connectivity index (χ3v) is 0. The van der Waals surface area contributed by atoms with E-state index in [0.717, 1.165) is 0 Å². The van der Waals surface area contributed by atoms with Crippen LogP contribution in [0, 0.1) is 0 Å². The zero-order valence-electron chi connectivity index (χ0n) is 2.91. The molecule has 0 bridgehead atoms. The van der Waals surface area contributed by atoms with Crippen molar-refractivity contribution in [2.24, 2.45) is 0 Å². The van der Waals surface area contributed by atoms with E-state index in [9.17, 15) is 0 Å². The number of hydrogen-bond acceptors (Lipinski definition) is 0. The van der Waals surface area contributed by atoms with E-state index in [1.54, 1.807) is 0 Å². The fraction of sp³-hybridized carbons (Fsp3) is 0. The Morgan fingerprint density at radius 2 is 0.250 bits per heavy atom. The van der Waals surface area contributed by atoms with Gasteiger partial charge in [0.05, 0.1) is 0 Å². The van der Waals surface area contributed by atoms with Gasteiger partial charge in [0.25, 0.3) is 0 Å². The van der Waals surface area contributed by atoms with Gasteiger partial charge in [-0.3, -0.25) is 0 Å². The third kappa shape index (κ3) is 46.1. The van der Waals surface area contributed by atoms with Crippen molar-refractivity contribution in [2.75, 3.05) is 0 Å². The van der Waals surface area contributed by atoms with E-state index in [1.165, 1.54) is 0 Å².